The van der Waals surface area contributed by atoms with E-state index in [9.17, 15) is 18.8 Å². The lowest BCUT2D eigenvalue weighted by molar-refractivity contribution is -0.121. The maximum absolute atomic E-state index is 13.8. The Morgan fingerprint density at radius 3 is 2.63 bits per heavy atom. The summed E-state index contributed by atoms with van der Waals surface area (Å²) in [6.07, 6.45) is 2.62. The Kier molecular flexibility index (Phi) is 7.44. The number of hydrogen-bond donors (Lipinski definition) is 2. The van der Waals surface area contributed by atoms with Crippen LogP contribution in [0.15, 0.2) is 72.9 Å². The second-order valence-corrected chi connectivity index (χ2v) is 8.37. The van der Waals surface area contributed by atoms with E-state index in [1.807, 2.05) is 36.4 Å². The van der Waals surface area contributed by atoms with Crippen LogP contribution in [-0.4, -0.2) is 16.8 Å². The van der Waals surface area contributed by atoms with Gasteiger partial charge in [0.05, 0.1) is 17.7 Å². The number of carbonyl (C=O) groups excluding carboxylic acids is 1. The van der Waals surface area contributed by atoms with E-state index >= 15 is 0 Å². The molecule has 3 N–H and O–H groups in total. The molecule has 35 heavy (non-hydrogen) atoms. The summed E-state index contributed by atoms with van der Waals surface area (Å²) in [7, 11) is 0. The average Bonchev–Trinajstić information content (AvgIpc) is 2.87. The van der Waals surface area contributed by atoms with Crippen LogP contribution in [0.25, 0.3) is 10.8 Å². The molecular weight excluding hydrogens is 446 g/mol. The van der Waals surface area contributed by atoms with Crippen LogP contribution in [0.2, 0.25) is 0 Å². The number of Topliss-reactive ketones (excluding diaryl/α,β-unsaturated/α-hetero) is 1. The average molecular weight is 471 g/mol. The van der Waals surface area contributed by atoms with Crippen molar-refractivity contribution >= 4 is 22.4 Å². The van der Waals surface area contributed by atoms with E-state index in [0.717, 1.165) is 34.0 Å². The summed E-state index contributed by atoms with van der Waals surface area (Å²) in [5.41, 5.74) is 8.70. The maximum atomic E-state index is 13.8. The SMILES string of the molecule is N#Cc1ccccc1CN[C@@H](Cc1ccc(F)c(F)c1)C(=O)CCc1ccc2c(N)nccc2c1. The normalized spacial score (nSPS) is 11.8. The number of ketones is 1. The van der Waals surface area contributed by atoms with Crippen molar-refractivity contribution < 1.29 is 13.6 Å². The van der Waals surface area contributed by atoms with Crippen LogP contribution in [0.3, 0.4) is 0 Å². The number of rotatable bonds is 9. The standard InChI is InChI=1S/C28H24F2N4O/c29-24-9-6-19(14-25(24)30)15-26(34-17-22-4-2-1-3-21(22)16-31)27(35)10-7-18-5-8-23-20(13-18)11-12-33-28(23)32/h1-6,8-9,11-14,26,34H,7,10,15,17H2,(H2,32,33)/t26-/m0/s1. The minimum absolute atomic E-state index is 0.0569. The summed E-state index contributed by atoms with van der Waals surface area (Å²) in [4.78, 5) is 17.3. The van der Waals surface area contributed by atoms with Gasteiger partial charge in [-0.05, 0) is 59.2 Å². The first-order valence-corrected chi connectivity index (χ1v) is 11.3. The number of benzene rings is 3. The predicted molar refractivity (Wildman–Crippen MR) is 131 cm³/mol. The minimum Gasteiger partial charge on any atom is -0.383 e. The van der Waals surface area contributed by atoms with Gasteiger partial charge in [-0.15, -0.1) is 0 Å². The molecule has 0 aliphatic carbocycles. The quantitative estimate of drug-likeness (QED) is 0.364. The molecule has 1 atom stereocenters. The molecule has 4 aromatic rings. The molecular formula is C28H24F2N4O. The van der Waals surface area contributed by atoms with E-state index in [1.54, 1.807) is 18.3 Å². The molecule has 0 bridgehead atoms. The topological polar surface area (TPSA) is 91.8 Å². The Morgan fingerprint density at radius 1 is 1.03 bits per heavy atom. The molecule has 0 spiro atoms. The number of carbonyl (C=O) groups is 1. The lowest BCUT2D eigenvalue weighted by Gasteiger charge is -2.19. The fourth-order valence-electron chi connectivity index (χ4n) is 4.07. The highest BCUT2D eigenvalue weighted by Gasteiger charge is 2.20. The second kappa shape index (κ2) is 10.9. The van der Waals surface area contributed by atoms with Crippen molar-refractivity contribution in [1.29, 1.82) is 5.26 Å². The number of nitriles is 1. The lowest BCUT2D eigenvalue weighted by atomic mass is 9.96. The van der Waals surface area contributed by atoms with Crippen LogP contribution in [0.4, 0.5) is 14.6 Å². The van der Waals surface area contributed by atoms with Crippen LogP contribution >= 0.6 is 0 Å². The molecule has 7 heteroatoms. The van der Waals surface area contributed by atoms with Crippen molar-refractivity contribution in [3.63, 3.8) is 0 Å². The number of nitrogens with zero attached hydrogens (tertiary/aromatic N) is 2. The van der Waals surface area contributed by atoms with E-state index in [-0.39, 0.29) is 18.6 Å². The predicted octanol–water partition coefficient (Wildman–Crippen LogP) is 4.87. The molecule has 0 aliphatic heterocycles. The Hall–Kier alpha value is -4.15. The first-order chi connectivity index (χ1) is 16.9. The zero-order chi connectivity index (χ0) is 24.8. The number of aryl methyl sites for hydroxylation is 1. The summed E-state index contributed by atoms with van der Waals surface area (Å²) >= 11 is 0. The van der Waals surface area contributed by atoms with E-state index in [4.69, 9.17) is 5.73 Å². The molecule has 0 saturated heterocycles. The number of hydrogen-bond acceptors (Lipinski definition) is 5. The fourth-order valence-corrected chi connectivity index (χ4v) is 4.07. The number of anilines is 1. The first kappa shape index (κ1) is 24.0. The van der Waals surface area contributed by atoms with E-state index < -0.39 is 17.7 Å². The van der Waals surface area contributed by atoms with Crippen molar-refractivity contribution in [2.24, 2.45) is 0 Å². The molecule has 5 nitrogen and oxygen atoms in total. The van der Waals surface area contributed by atoms with Gasteiger partial charge in [-0.2, -0.15) is 5.26 Å². The van der Waals surface area contributed by atoms with Gasteiger partial charge in [0.1, 0.15) is 11.6 Å². The van der Waals surface area contributed by atoms with Gasteiger partial charge >= 0.3 is 0 Å². The highest BCUT2D eigenvalue weighted by Crippen LogP contribution is 2.21. The number of halogens is 2. The molecule has 0 radical (unpaired) electrons. The monoisotopic (exact) mass is 470 g/mol. The van der Waals surface area contributed by atoms with Crippen LogP contribution in [-0.2, 0) is 24.2 Å². The molecule has 1 aromatic heterocycles. The number of nitrogens with one attached hydrogen (secondary N) is 1. The number of nitrogens with two attached hydrogens (primary N) is 1. The van der Waals surface area contributed by atoms with Gasteiger partial charge in [0.15, 0.2) is 11.6 Å². The third-order valence-corrected chi connectivity index (χ3v) is 6.01. The Bertz CT molecular complexity index is 1410. The van der Waals surface area contributed by atoms with E-state index in [0.29, 0.717) is 29.9 Å². The number of aromatic nitrogens is 1. The van der Waals surface area contributed by atoms with Crippen molar-refractivity contribution in [1.82, 2.24) is 10.3 Å². The Morgan fingerprint density at radius 2 is 1.83 bits per heavy atom. The van der Waals surface area contributed by atoms with Gasteiger partial charge in [-0.3, -0.25) is 4.79 Å². The zero-order valence-corrected chi connectivity index (χ0v) is 19.0. The van der Waals surface area contributed by atoms with Crippen molar-refractivity contribution in [2.45, 2.75) is 31.8 Å². The van der Waals surface area contributed by atoms with Crippen molar-refractivity contribution in [3.05, 3.63) is 107 Å². The van der Waals surface area contributed by atoms with Crippen LogP contribution in [0.1, 0.15) is 28.7 Å². The summed E-state index contributed by atoms with van der Waals surface area (Å²) < 4.78 is 27.2. The fraction of sp³-hybridized carbons (Fsp3) is 0.179. The van der Waals surface area contributed by atoms with Crippen LogP contribution in [0, 0.1) is 23.0 Å². The molecule has 3 aromatic carbocycles. The second-order valence-electron chi connectivity index (χ2n) is 8.37. The number of fused-ring (bicyclic) bond motifs is 1. The lowest BCUT2D eigenvalue weighted by Crippen LogP contribution is -2.38. The van der Waals surface area contributed by atoms with E-state index in [1.165, 1.54) is 6.07 Å². The third-order valence-electron chi connectivity index (χ3n) is 6.01. The molecule has 0 fully saturated rings. The van der Waals surface area contributed by atoms with Gasteiger partial charge < -0.3 is 11.1 Å². The van der Waals surface area contributed by atoms with Crippen LogP contribution < -0.4 is 11.1 Å². The highest BCUT2D eigenvalue weighted by atomic mass is 19.2. The Balaban J connectivity index is 1.50. The van der Waals surface area contributed by atoms with Gasteiger partial charge in [-0.25, -0.2) is 13.8 Å². The number of nitrogen functional groups attached to an aromatic ring is 1. The molecule has 0 aliphatic rings. The van der Waals surface area contributed by atoms with Gasteiger partial charge in [-0.1, -0.05) is 42.5 Å². The molecule has 4 rings (SSSR count). The van der Waals surface area contributed by atoms with E-state index in [2.05, 4.69) is 16.4 Å². The summed E-state index contributed by atoms with van der Waals surface area (Å²) in [5.74, 6) is -1.48. The highest BCUT2D eigenvalue weighted by molar-refractivity contribution is 5.91. The largest absolute Gasteiger partial charge is 0.383 e. The van der Waals surface area contributed by atoms with Gasteiger partial charge in [0.2, 0.25) is 0 Å². The molecule has 0 unspecified atom stereocenters. The van der Waals surface area contributed by atoms with Crippen LogP contribution in [0.5, 0.6) is 0 Å². The third kappa shape index (κ3) is 5.86. The van der Waals surface area contributed by atoms with Crippen molar-refractivity contribution in [2.75, 3.05) is 5.73 Å². The summed E-state index contributed by atoms with van der Waals surface area (Å²) in [6, 6.07) is 20.0. The molecule has 0 amide bonds. The smallest absolute Gasteiger partial charge is 0.159 e. The summed E-state index contributed by atoms with van der Waals surface area (Å²) in [6.45, 7) is 0.298. The molecule has 1 heterocycles. The molecule has 176 valence electrons. The van der Waals surface area contributed by atoms with Gasteiger partial charge in [0, 0.05) is 24.5 Å². The van der Waals surface area contributed by atoms with Crippen molar-refractivity contribution in [3.8, 4) is 6.07 Å². The molecule has 0 saturated carbocycles. The zero-order valence-electron chi connectivity index (χ0n) is 19.0. The summed E-state index contributed by atoms with van der Waals surface area (Å²) in [5, 5.41) is 14.4. The van der Waals surface area contributed by atoms with Gasteiger partial charge in [0.25, 0.3) is 0 Å². The Labute approximate surface area is 202 Å². The number of pyridine rings is 1. The first-order valence-electron chi connectivity index (χ1n) is 11.3. The minimum atomic E-state index is -0.951. The maximum Gasteiger partial charge on any atom is 0.159 e.